The van der Waals surface area contributed by atoms with Crippen LogP contribution in [0.5, 0.6) is 5.75 Å². The maximum atomic E-state index is 13.0. The molecule has 0 saturated carbocycles. The van der Waals surface area contributed by atoms with Crippen LogP contribution in [0.15, 0.2) is 54.6 Å². The minimum absolute atomic E-state index is 0.241. The molecule has 126 valence electrons. The van der Waals surface area contributed by atoms with Crippen LogP contribution < -0.4 is 15.5 Å². The van der Waals surface area contributed by atoms with Gasteiger partial charge in [-0.2, -0.15) is 0 Å². The van der Waals surface area contributed by atoms with Crippen molar-refractivity contribution in [2.24, 2.45) is 0 Å². The molecule has 7 heteroatoms. The molecule has 0 saturated heterocycles. The molecule has 2 aromatic rings. The van der Waals surface area contributed by atoms with Gasteiger partial charge in [0.05, 0.1) is 0 Å². The SMILES string of the molecule is CN(NC(=O)COc1cccc(F)c1)C(=S)NCc1ccccc1. The zero-order chi connectivity index (χ0) is 17.4. The van der Waals surface area contributed by atoms with E-state index < -0.39 is 11.7 Å². The Hall–Kier alpha value is -2.67. The largest absolute Gasteiger partial charge is 0.484 e. The molecule has 0 atom stereocenters. The third-order valence-electron chi connectivity index (χ3n) is 3.05. The first-order valence-electron chi connectivity index (χ1n) is 7.28. The van der Waals surface area contributed by atoms with Crippen LogP contribution >= 0.6 is 12.2 Å². The van der Waals surface area contributed by atoms with Gasteiger partial charge in [0.1, 0.15) is 11.6 Å². The Balaban J connectivity index is 1.73. The van der Waals surface area contributed by atoms with Gasteiger partial charge in [0.15, 0.2) is 11.7 Å². The molecule has 0 aliphatic rings. The number of nitrogens with zero attached hydrogens (tertiary/aromatic N) is 1. The van der Waals surface area contributed by atoms with Gasteiger partial charge in [-0.1, -0.05) is 36.4 Å². The minimum Gasteiger partial charge on any atom is -0.484 e. The highest BCUT2D eigenvalue weighted by Crippen LogP contribution is 2.11. The minimum atomic E-state index is -0.420. The van der Waals surface area contributed by atoms with Crippen LogP contribution in [-0.4, -0.2) is 29.7 Å². The molecule has 0 unspecified atom stereocenters. The van der Waals surface area contributed by atoms with Crippen LogP contribution in [0.2, 0.25) is 0 Å². The first-order chi connectivity index (χ1) is 11.5. The molecular weight excluding hydrogens is 329 g/mol. The van der Waals surface area contributed by atoms with Gasteiger partial charge < -0.3 is 10.1 Å². The van der Waals surface area contributed by atoms with Crippen LogP contribution in [-0.2, 0) is 11.3 Å². The fourth-order valence-corrected chi connectivity index (χ4v) is 1.99. The number of rotatable bonds is 5. The van der Waals surface area contributed by atoms with Gasteiger partial charge in [0.2, 0.25) is 0 Å². The summed E-state index contributed by atoms with van der Waals surface area (Å²) in [7, 11) is 1.63. The molecule has 0 fully saturated rings. The van der Waals surface area contributed by atoms with Crippen LogP contribution in [0.4, 0.5) is 4.39 Å². The fraction of sp³-hybridized carbons (Fsp3) is 0.176. The Kier molecular flexibility index (Phi) is 6.51. The summed E-state index contributed by atoms with van der Waals surface area (Å²) in [5, 5.41) is 4.81. The van der Waals surface area contributed by atoms with Gasteiger partial charge in [-0.3, -0.25) is 15.2 Å². The molecule has 2 rings (SSSR count). The van der Waals surface area contributed by atoms with Gasteiger partial charge in [0.25, 0.3) is 5.91 Å². The highest BCUT2D eigenvalue weighted by Gasteiger charge is 2.09. The van der Waals surface area contributed by atoms with E-state index in [1.807, 2.05) is 30.3 Å². The molecule has 24 heavy (non-hydrogen) atoms. The summed E-state index contributed by atoms with van der Waals surface area (Å²) in [6, 6.07) is 15.4. The van der Waals surface area contributed by atoms with E-state index in [0.29, 0.717) is 11.7 Å². The monoisotopic (exact) mass is 347 g/mol. The lowest BCUT2D eigenvalue weighted by Gasteiger charge is -2.21. The van der Waals surface area contributed by atoms with Crippen molar-refractivity contribution in [3.8, 4) is 5.75 Å². The fourth-order valence-electron chi connectivity index (χ4n) is 1.87. The van der Waals surface area contributed by atoms with Gasteiger partial charge in [-0.05, 0) is 29.9 Å². The van der Waals surface area contributed by atoms with Crippen molar-refractivity contribution in [1.82, 2.24) is 15.8 Å². The van der Waals surface area contributed by atoms with E-state index in [9.17, 15) is 9.18 Å². The number of amides is 1. The summed E-state index contributed by atoms with van der Waals surface area (Å²) < 4.78 is 18.2. The highest BCUT2D eigenvalue weighted by molar-refractivity contribution is 7.80. The molecular formula is C17H18FN3O2S. The Morgan fingerprint density at radius 3 is 2.67 bits per heavy atom. The van der Waals surface area contributed by atoms with Crippen molar-refractivity contribution in [2.75, 3.05) is 13.7 Å². The molecule has 0 bridgehead atoms. The summed E-state index contributed by atoms with van der Waals surface area (Å²) in [4.78, 5) is 11.8. The molecule has 0 aromatic heterocycles. The van der Waals surface area contributed by atoms with E-state index in [2.05, 4.69) is 10.7 Å². The molecule has 0 aliphatic carbocycles. The van der Waals surface area contributed by atoms with Crippen LogP contribution in [0.3, 0.4) is 0 Å². The second kappa shape index (κ2) is 8.83. The first kappa shape index (κ1) is 17.7. The molecule has 2 N–H and O–H groups in total. The summed E-state index contributed by atoms with van der Waals surface area (Å²) in [6.07, 6.45) is 0. The van der Waals surface area contributed by atoms with Gasteiger partial charge in [0, 0.05) is 19.7 Å². The average Bonchev–Trinajstić information content (AvgIpc) is 2.59. The molecule has 0 heterocycles. The van der Waals surface area contributed by atoms with Gasteiger partial charge in [-0.15, -0.1) is 0 Å². The lowest BCUT2D eigenvalue weighted by atomic mass is 10.2. The number of nitrogens with one attached hydrogen (secondary N) is 2. The van der Waals surface area contributed by atoms with Crippen LogP contribution in [0.1, 0.15) is 5.56 Å². The quantitative estimate of drug-likeness (QED) is 0.642. The number of carbonyl (C=O) groups is 1. The number of halogens is 1. The number of thiocarbonyl (C=S) groups is 1. The van der Waals surface area contributed by atoms with E-state index in [4.69, 9.17) is 17.0 Å². The number of hydrogen-bond donors (Lipinski definition) is 2. The summed E-state index contributed by atoms with van der Waals surface area (Å²) >= 11 is 5.20. The molecule has 1 amide bonds. The number of hydrogen-bond acceptors (Lipinski definition) is 3. The third kappa shape index (κ3) is 5.85. The van der Waals surface area contributed by atoms with E-state index in [0.717, 1.165) is 5.56 Å². The zero-order valence-corrected chi connectivity index (χ0v) is 14.0. The molecule has 0 aliphatic heterocycles. The van der Waals surface area contributed by atoms with E-state index in [-0.39, 0.29) is 12.4 Å². The van der Waals surface area contributed by atoms with Crippen LogP contribution in [0, 0.1) is 5.82 Å². The number of benzene rings is 2. The average molecular weight is 347 g/mol. The van der Waals surface area contributed by atoms with Gasteiger partial charge >= 0.3 is 0 Å². The topological polar surface area (TPSA) is 53.6 Å². The highest BCUT2D eigenvalue weighted by atomic mass is 32.1. The second-order valence-corrected chi connectivity index (χ2v) is 5.37. The summed E-state index contributed by atoms with van der Waals surface area (Å²) in [6.45, 7) is 0.314. The molecule has 0 radical (unpaired) electrons. The third-order valence-corrected chi connectivity index (χ3v) is 3.47. The van der Waals surface area contributed by atoms with Crippen molar-refractivity contribution in [3.05, 3.63) is 66.0 Å². The summed E-state index contributed by atoms with van der Waals surface area (Å²) in [5.41, 5.74) is 3.65. The lowest BCUT2D eigenvalue weighted by molar-refractivity contribution is -0.126. The van der Waals surface area contributed by atoms with Crippen molar-refractivity contribution in [3.63, 3.8) is 0 Å². The van der Waals surface area contributed by atoms with Crippen molar-refractivity contribution >= 4 is 23.2 Å². The lowest BCUT2D eigenvalue weighted by Crippen LogP contribution is -2.49. The molecule has 2 aromatic carbocycles. The first-order valence-corrected chi connectivity index (χ1v) is 7.69. The normalized spacial score (nSPS) is 9.92. The van der Waals surface area contributed by atoms with Gasteiger partial charge in [-0.25, -0.2) is 4.39 Å². The Labute approximate surface area is 145 Å². The number of carbonyl (C=O) groups excluding carboxylic acids is 1. The van der Waals surface area contributed by atoms with E-state index >= 15 is 0 Å². The number of ether oxygens (including phenoxy) is 1. The predicted octanol–water partition coefficient (Wildman–Crippen LogP) is 2.24. The Morgan fingerprint density at radius 1 is 1.21 bits per heavy atom. The zero-order valence-electron chi connectivity index (χ0n) is 13.2. The second-order valence-electron chi connectivity index (χ2n) is 4.98. The predicted molar refractivity (Wildman–Crippen MR) is 93.7 cm³/mol. The van der Waals surface area contributed by atoms with Crippen molar-refractivity contribution in [2.45, 2.75) is 6.54 Å². The standard InChI is InChI=1S/C17H18FN3O2S/c1-21(17(24)19-11-13-6-3-2-4-7-13)20-16(22)12-23-15-9-5-8-14(18)10-15/h2-10H,11-12H2,1H3,(H,19,24)(H,20,22). The Morgan fingerprint density at radius 2 is 1.96 bits per heavy atom. The summed E-state index contributed by atoms with van der Waals surface area (Å²) in [5.74, 6) is -0.528. The Bertz CT molecular complexity index is 697. The van der Waals surface area contributed by atoms with E-state index in [1.165, 1.54) is 23.2 Å². The number of hydrazine groups is 1. The smallest absolute Gasteiger partial charge is 0.276 e. The molecule has 0 spiro atoms. The van der Waals surface area contributed by atoms with Crippen molar-refractivity contribution < 1.29 is 13.9 Å². The maximum Gasteiger partial charge on any atom is 0.276 e. The maximum absolute atomic E-state index is 13.0. The molecule has 5 nitrogen and oxygen atoms in total. The van der Waals surface area contributed by atoms with Crippen LogP contribution in [0.25, 0.3) is 0 Å². The van der Waals surface area contributed by atoms with Crippen molar-refractivity contribution in [1.29, 1.82) is 0 Å². The van der Waals surface area contributed by atoms with E-state index in [1.54, 1.807) is 13.1 Å².